The number of amides is 1. The lowest BCUT2D eigenvalue weighted by atomic mass is 10.2. The lowest BCUT2D eigenvalue weighted by Crippen LogP contribution is -2.35. The number of hydrogen-bond acceptors (Lipinski definition) is 5. The Hall–Kier alpha value is -2.47. The SMILES string of the molecule is C=C(C)CN(CC)C(=O)COC(=O)/C=C/c1cc(Cl)c(OC)c(OCC)c1. The smallest absolute Gasteiger partial charge is 0.331 e. The summed E-state index contributed by atoms with van der Waals surface area (Å²) in [6, 6.07) is 3.35. The average Bonchev–Trinajstić information content (AvgIpc) is 2.62. The zero-order valence-electron chi connectivity index (χ0n) is 16.2. The van der Waals surface area contributed by atoms with Crippen molar-refractivity contribution in [1.82, 2.24) is 4.90 Å². The van der Waals surface area contributed by atoms with Gasteiger partial charge in [0.1, 0.15) is 0 Å². The first-order valence-corrected chi connectivity index (χ1v) is 8.97. The van der Waals surface area contributed by atoms with Gasteiger partial charge in [-0.2, -0.15) is 0 Å². The highest BCUT2D eigenvalue weighted by Gasteiger charge is 2.14. The van der Waals surface area contributed by atoms with Crippen molar-refractivity contribution in [2.75, 3.05) is 33.4 Å². The number of esters is 1. The van der Waals surface area contributed by atoms with E-state index in [2.05, 4.69) is 6.58 Å². The largest absolute Gasteiger partial charge is 0.491 e. The fraction of sp³-hybridized carbons (Fsp3) is 0.400. The van der Waals surface area contributed by atoms with Crippen LogP contribution in [0, 0.1) is 0 Å². The Kier molecular flexibility index (Phi) is 9.44. The average molecular weight is 396 g/mol. The minimum absolute atomic E-state index is 0.270. The Balaban J connectivity index is 2.73. The predicted molar refractivity (Wildman–Crippen MR) is 106 cm³/mol. The number of rotatable bonds is 10. The molecule has 0 spiro atoms. The second-order valence-electron chi connectivity index (χ2n) is 5.77. The summed E-state index contributed by atoms with van der Waals surface area (Å²) in [7, 11) is 1.50. The van der Waals surface area contributed by atoms with Crippen LogP contribution in [-0.4, -0.2) is 50.2 Å². The molecule has 0 atom stereocenters. The van der Waals surface area contributed by atoms with Gasteiger partial charge in [0.25, 0.3) is 5.91 Å². The third-order valence-electron chi connectivity index (χ3n) is 3.48. The Morgan fingerprint density at radius 1 is 1.30 bits per heavy atom. The number of halogens is 1. The van der Waals surface area contributed by atoms with E-state index < -0.39 is 5.97 Å². The van der Waals surface area contributed by atoms with Crippen molar-refractivity contribution in [2.24, 2.45) is 0 Å². The van der Waals surface area contributed by atoms with Gasteiger partial charge in [0.05, 0.1) is 18.7 Å². The molecule has 27 heavy (non-hydrogen) atoms. The van der Waals surface area contributed by atoms with Gasteiger partial charge in [0, 0.05) is 19.2 Å². The van der Waals surface area contributed by atoms with E-state index in [1.165, 1.54) is 19.3 Å². The molecule has 0 saturated heterocycles. The second kappa shape index (κ2) is 11.3. The number of ether oxygens (including phenoxy) is 3. The van der Waals surface area contributed by atoms with Crippen molar-refractivity contribution < 1.29 is 23.8 Å². The number of likely N-dealkylation sites (N-methyl/N-ethyl adjacent to an activating group) is 1. The van der Waals surface area contributed by atoms with Crippen molar-refractivity contribution in [3.05, 3.63) is 40.9 Å². The zero-order chi connectivity index (χ0) is 20.4. The summed E-state index contributed by atoms with van der Waals surface area (Å²) in [4.78, 5) is 25.5. The van der Waals surface area contributed by atoms with Gasteiger partial charge in [-0.3, -0.25) is 4.79 Å². The number of nitrogens with zero attached hydrogens (tertiary/aromatic N) is 1. The van der Waals surface area contributed by atoms with E-state index in [-0.39, 0.29) is 12.5 Å². The van der Waals surface area contributed by atoms with Crippen LogP contribution in [0.1, 0.15) is 26.3 Å². The van der Waals surface area contributed by atoms with Gasteiger partial charge in [-0.05, 0) is 44.5 Å². The van der Waals surface area contributed by atoms with Crippen LogP contribution in [0.25, 0.3) is 6.08 Å². The lowest BCUT2D eigenvalue weighted by Gasteiger charge is -2.20. The molecule has 0 saturated carbocycles. The highest BCUT2D eigenvalue weighted by molar-refractivity contribution is 6.32. The van der Waals surface area contributed by atoms with Gasteiger partial charge in [0.2, 0.25) is 0 Å². The summed E-state index contributed by atoms with van der Waals surface area (Å²) in [5.41, 5.74) is 1.50. The number of carbonyl (C=O) groups is 2. The van der Waals surface area contributed by atoms with E-state index in [4.69, 9.17) is 25.8 Å². The number of benzene rings is 1. The van der Waals surface area contributed by atoms with Crippen LogP contribution in [0.4, 0.5) is 0 Å². The van der Waals surface area contributed by atoms with Crippen LogP contribution in [0.3, 0.4) is 0 Å². The van der Waals surface area contributed by atoms with Gasteiger partial charge in [0.15, 0.2) is 18.1 Å². The summed E-state index contributed by atoms with van der Waals surface area (Å²) in [6.07, 6.45) is 2.77. The normalized spacial score (nSPS) is 10.6. The topological polar surface area (TPSA) is 65.1 Å². The van der Waals surface area contributed by atoms with Gasteiger partial charge in [-0.15, -0.1) is 0 Å². The minimum Gasteiger partial charge on any atom is -0.491 e. The van der Waals surface area contributed by atoms with Crippen LogP contribution in [0.15, 0.2) is 30.4 Å². The van der Waals surface area contributed by atoms with E-state index in [0.717, 1.165) is 5.57 Å². The molecule has 6 nitrogen and oxygen atoms in total. The van der Waals surface area contributed by atoms with Crippen molar-refractivity contribution in [2.45, 2.75) is 20.8 Å². The van der Waals surface area contributed by atoms with E-state index >= 15 is 0 Å². The molecule has 1 rings (SSSR count). The third kappa shape index (κ3) is 7.35. The molecule has 0 unspecified atom stereocenters. The maximum absolute atomic E-state index is 12.1. The highest BCUT2D eigenvalue weighted by Crippen LogP contribution is 2.36. The van der Waals surface area contributed by atoms with E-state index in [9.17, 15) is 9.59 Å². The Morgan fingerprint density at radius 2 is 2.00 bits per heavy atom. The molecule has 148 valence electrons. The molecule has 0 N–H and O–H groups in total. The first kappa shape index (κ1) is 22.6. The van der Waals surface area contributed by atoms with E-state index in [0.29, 0.717) is 41.8 Å². The van der Waals surface area contributed by atoms with E-state index in [1.807, 2.05) is 20.8 Å². The molecule has 1 aromatic rings. The summed E-state index contributed by atoms with van der Waals surface area (Å²) in [5.74, 6) is 0.0167. The van der Waals surface area contributed by atoms with E-state index in [1.54, 1.807) is 17.0 Å². The quantitative estimate of drug-likeness (QED) is 0.343. The van der Waals surface area contributed by atoms with Crippen molar-refractivity contribution >= 4 is 29.6 Å². The molecule has 0 fully saturated rings. The zero-order valence-corrected chi connectivity index (χ0v) is 17.0. The van der Waals surface area contributed by atoms with Crippen LogP contribution < -0.4 is 9.47 Å². The molecule has 0 aliphatic heterocycles. The van der Waals surface area contributed by atoms with Crippen LogP contribution in [-0.2, 0) is 14.3 Å². The Morgan fingerprint density at radius 3 is 2.56 bits per heavy atom. The van der Waals surface area contributed by atoms with Gasteiger partial charge in [-0.25, -0.2) is 4.79 Å². The summed E-state index contributed by atoms with van der Waals surface area (Å²) < 4.78 is 15.7. The van der Waals surface area contributed by atoms with Crippen LogP contribution >= 0.6 is 11.6 Å². The van der Waals surface area contributed by atoms with Crippen LogP contribution in [0.5, 0.6) is 11.5 Å². The minimum atomic E-state index is -0.625. The third-order valence-corrected chi connectivity index (χ3v) is 3.76. The highest BCUT2D eigenvalue weighted by atomic mass is 35.5. The molecule has 1 amide bonds. The molecule has 0 bridgehead atoms. The fourth-order valence-electron chi connectivity index (χ4n) is 2.28. The lowest BCUT2D eigenvalue weighted by molar-refractivity contribution is -0.147. The summed E-state index contributed by atoms with van der Waals surface area (Å²) in [6.45, 7) is 10.4. The number of carbonyl (C=O) groups excluding carboxylic acids is 2. The summed E-state index contributed by atoms with van der Waals surface area (Å²) in [5, 5.41) is 0.366. The first-order valence-electron chi connectivity index (χ1n) is 8.59. The number of hydrogen-bond donors (Lipinski definition) is 0. The molecular weight excluding hydrogens is 370 g/mol. The summed E-state index contributed by atoms with van der Waals surface area (Å²) >= 11 is 6.17. The Labute approximate surface area is 165 Å². The molecule has 1 aromatic carbocycles. The van der Waals surface area contributed by atoms with Crippen LogP contribution in [0.2, 0.25) is 5.02 Å². The molecular formula is C20H26ClNO5. The molecule has 0 aromatic heterocycles. The van der Waals surface area contributed by atoms with Crippen molar-refractivity contribution in [3.63, 3.8) is 0 Å². The Bertz CT molecular complexity index is 715. The molecule has 0 aliphatic carbocycles. The maximum Gasteiger partial charge on any atom is 0.331 e. The van der Waals surface area contributed by atoms with Crippen molar-refractivity contribution in [3.8, 4) is 11.5 Å². The molecule has 0 radical (unpaired) electrons. The number of methoxy groups -OCH3 is 1. The van der Waals surface area contributed by atoms with Gasteiger partial charge in [-0.1, -0.05) is 23.8 Å². The second-order valence-corrected chi connectivity index (χ2v) is 6.18. The van der Waals surface area contributed by atoms with Crippen molar-refractivity contribution in [1.29, 1.82) is 0 Å². The monoisotopic (exact) mass is 395 g/mol. The maximum atomic E-state index is 12.1. The fourth-order valence-corrected chi connectivity index (χ4v) is 2.58. The first-order chi connectivity index (χ1) is 12.8. The van der Waals surface area contributed by atoms with Gasteiger partial charge < -0.3 is 19.1 Å². The molecule has 0 heterocycles. The van der Waals surface area contributed by atoms with Gasteiger partial charge >= 0.3 is 5.97 Å². The predicted octanol–water partition coefficient (Wildman–Crippen LogP) is 3.73. The molecule has 7 heteroatoms. The standard InChI is InChI=1S/C20H26ClNO5/c1-6-22(12-14(3)4)18(23)13-27-19(24)9-8-15-10-16(21)20(25-5)17(11-15)26-7-2/h8-11H,3,6-7,12-13H2,1-2,4-5H3/b9-8+. The molecule has 0 aliphatic rings.